The lowest BCUT2D eigenvalue weighted by atomic mass is 10.2. The van der Waals surface area contributed by atoms with Gasteiger partial charge in [-0.05, 0) is 54.6 Å². The zero-order valence-corrected chi connectivity index (χ0v) is 15.8. The molecule has 0 aromatic heterocycles. The minimum absolute atomic E-state index is 0.0395. The molecule has 3 aromatic carbocycles. The molecule has 0 radical (unpaired) electrons. The van der Waals surface area contributed by atoms with E-state index in [4.69, 9.17) is 5.11 Å². The van der Waals surface area contributed by atoms with Crippen LogP contribution in [0.2, 0.25) is 0 Å². The highest BCUT2D eigenvalue weighted by atomic mass is 16.4. The summed E-state index contributed by atoms with van der Waals surface area (Å²) < 4.78 is 0. The first kappa shape index (κ1) is 20.2. The van der Waals surface area contributed by atoms with Crippen LogP contribution in [0, 0.1) is 11.3 Å². The van der Waals surface area contributed by atoms with E-state index in [9.17, 15) is 14.9 Å². The second kappa shape index (κ2) is 9.57. The molecule has 3 aromatic rings. The van der Waals surface area contributed by atoms with Gasteiger partial charge in [-0.3, -0.25) is 4.79 Å². The molecular weight excluding hydrogens is 380 g/mol. The third kappa shape index (κ3) is 5.47. The molecule has 1 amide bonds. The van der Waals surface area contributed by atoms with Gasteiger partial charge in [0.15, 0.2) is 0 Å². The molecule has 0 aliphatic rings. The Morgan fingerprint density at radius 2 is 1.47 bits per heavy atom. The van der Waals surface area contributed by atoms with E-state index in [2.05, 4.69) is 16.0 Å². The van der Waals surface area contributed by atoms with Gasteiger partial charge in [0.2, 0.25) is 0 Å². The lowest BCUT2D eigenvalue weighted by molar-refractivity contribution is -0.112. The molecule has 0 fully saturated rings. The number of hydrogen-bond donors (Lipinski definition) is 4. The second-order valence-corrected chi connectivity index (χ2v) is 6.22. The smallest absolute Gasteiger partial charge is 0.335 e. The number of nitriles is 1. The van der Waals surface area contributed by atoms with Gasteiger partial charge >= 0.3 is 5.97 Å². The number of carboxylic acids is 1. The molecule has 0 saturated heterocycles. The van der Waals surface area contributed by atoms with Crippen molar-refractivity contribution < 1.29 is 14.7 Å². The first-order chi connectivity index (χ1) is 14.5. The van der Waals surface area contributed by atoms with Gasteiger partial charge in [-0.1, -0.05) is 24.3 Å². The minimum atomic E-state index is -1.10. The summed E-state index contributed by atoms with van der Waals surface area (Å²) in [5.74, 6) is -1.75. The van der Waals surface area contributed by atoms with Gasteiger partial charge in [0, 0.05) is 28.9 Å². The van der Waals surface area contributed by atoms with Crippen molar-refractivity contribution in [3.05, 3.63) is 96.2 Å². The molecule has 0 aliphatic carbocycles. The average molecular weight is 398 g/mol. The van der Waals surface area contributed by atoms with Crippen molar-refractivity contribution >= 4 is 34.6 Å². The fourth-order valence-electron chi connectivity index (χ4n) is 2.57. The molecule has 0 aliphatic heterocycles. The number of benzene rings is 3. The second-order valence-electron chi connectivity index (χ2n) is 6.22. The van der Waals surface area contributed by atoms with Gasteiger partial charge in [0.05, 0.1) is 5.56 Å². The third-order valence-electron chi connectivity index (χ3n) is 4.06. The largest absolute Gasteiger partial charge is 0.478 e. The standard InChI is InChI=1S/C23H18N4O3/c24-14-17(22(28)27-21-8-4-5-16(13-21)23(29)30)15-25-18-9-11-20(12-10-18)26-19-6-2-1-3-7-19/h1-13,15,25-26H,(H,27,28)(H,29,30)/b17-15-. The Hall–Kier alpha value is -4.57. The van der Waals surface area contributed by atoms with Crippen LogP contribution in [0.25, 0.3) is 0 Å². The molecule has 0 saturated carbocycles. The first-order valence-corrected chi connectivity index (χ1v) is 8.99. The van der Waals surface area contributed by atoms with Gasteiger partial charge in [-0.2, -0.15) is 5.26 Å². The number of hydrogen-bond acceptors (Lipinski definition) is 5. The Morgan fingerprint density at radius 1 is 0.833 bits per heavy atom. The van der Waals surface area contributed by atoms with E-state index in [0.29, 0.717) is 5.69 Å². The van der Waals surface area contributed by atoms with Crippen LogP contribution in [0.5, 0.6) is 0 Å². The summed E-state index contributed by atoms with van der Waals surface area (Å²) in [6, 6.07) is 24.7. The number of rotatable bonds is 7. The monoisotopic (exact) mass is 398 g/mol. The maximum atomic E-state index is 12.3. The molecule has 0 atom stereocenters. The summed E-state index contributed by atoms with van der Waals surface area (Å²) in [6.07, 6.45) is 1.30. The topological polar surface area (TPSA) is 114 Å². The average Bonchev–Trinajstić information content (AvgIpc) is 2.76. The highest BCUT2D eigenvalue weighted by Gasteiger charge is 2.11. The van der Waals surface area contributed by atoms with Crippen LogP contribution in [0.15, 0.2) is 90.6 Å². The van der Waals surface area contributed by atoms with Crippen LogP contribution in [-0.4, -0.2) is 17.0 Å². The third-order valence-corrected chi connectivity index (χ3v) is 4.06. The summed E-state index contributed by atoms with van der Waals surface area (Å²) in [5, 5.41) is 27.0. The highest BCUT2D eigenvalue weighted by Crippen LogP contribution is 2.19. The molecule has 30 heavy (non-hydrogen) atoms. The molecule has 0 spiro atoms. The van der Waals surface area contributed by atoms with Gasteiger partial charge < -0.3 is 21.1 Å². The molecule has 4 N–H and O–H groups in total. The molecule has 0 unspecified atom stereocenters. The van der Waals surface area contributed by atoms with Crippen LogP contribution in [0.3, 0.4) is 0 Å². The van der Waals surface area contributed by atoms with Crippen molar-refractivity contribution in [2.45, 2.75) is 0 Å². The van der Waals surface area contributed by atoms with Gasteiger partial charge in [-0.25, -0.2) is 4.79 Å². The van der Waals surface area contributed by atoms with Crippen LogP contribution < -0.4 is 16.0 Å². The summed E-state index contributed by atoms with van der Waals surface area (Å²) >= 11 is 0. The molecular formula is C23H18N4O3. The summed E-state index contributed by atoms with van der Waals surface area (Å²) in [6.45, 7) is 0. The van der Waals surface area contributed by atoms with E-state index in [1.165, 1.54) is 24.4 Å². The van der Waals surface area contributed by atoms with Gasteiger partial charge in [0.1, 0.15) is 11.6 Å². The quantitative estimate of drug-likeness (QED) is 0.342. The molecule has 0 heterocycles. The number of para-hydroxylation sites is 1. The van der Waals surface area contributed by atoms with Gasteiger partial charge in [-0.15, -0.1) is 0 Å². The lowest BCUT2D eigenvalue weighted by Gasteiger charge is -2.08. The number of carbonyl (C=O) groups excluding carboxylic acids is 1. The van der Waals surface area contributed by atoms with Gasteiger partial charge in [0.25, 0.3) is 5.91 Å². The van der Waals surface area contributed by atoms with Crippen LogP contribution >= 0.6 is 0 Å². The lowest BCUT2D eigenvalue weighted by Crippen LogP contribution is -2.15. The minimum Gasteiger partial charge on any atom is -0.478 e. The predicted octanol–water partition coefficient (Wildman–Crippen LogP) is 4.59. The van der Waals surface area contributed by atoms with Crippen molar-refractivity contribution in [1.29, 1.82) is 5.26 Å². The van der Waals surface area contributed by atoms with E-state index < -0.39 is 11.9 Å². The van der Waals surface area contributed by atoms with Crippen LogP contribution in [-0.2, 0) is 4.79 Å². The molecule has 148 valence electrons. The Bertz CT molecular complexity index is 1120. The number of anilines is 4. The van der Waals surface area contributed by atoms with Crippen molar-refractivity contribution in [2.24, 2.45) is 0 Å². The number of carboxylic acid groups (broad SMARTS) is 1. The van der Waals surface area contributed by atoms with Crippen molar-refractivity contribution in [3.8, 4) is 6.07 Å². The SMILES string of the molecule is N#C/C(=C/Nc1ccc(Nc2ccccc2)cc1)C(=O)Nc1cccc(C(=O)O)c1. The number of carbonyl (C=O) groups is 2. The Morgan fingerprint density at radius 3 is 2.13 bits per heavy atom. The molecule has 7 nitrogen and oxygen atoms in total. The maximum absolute atomic E-state index is 12.3. The first-order valence-electron chi connectivity index (χ1n) is 8.99. The van der Waals surface area contributed by atoms with E-state index in [1.54, 1.807) is 6.07 Å². The Balaban J connectivity index is 1.63. The van der Waals surface area contributed by atoms with Crippen LogP contribution in [0.4, 0.5) is 22.7 Å². The summed E-state index contributed by atoms with van der Waals surface area (Å²) in [4.78, 5) is 23.3. The highest BCUT2D eigenvalue weighted by molar-refractivity contribution is 6.07. The van der Waals surface area contributed by atoms with Crippen LogP contribution in [0.1, 0.15) is 10.4 Å². The zero-order valence-electron chi connectivity index (χ0n) is 15.8. The number of amides is 1. The predicted molar refractivity (Wildman–Crippen MR) is 116 cm³/mol. The number of nitrogens with zero attached hydrogens (tertiary/aromatic N) is 1. The normalized spacial score (nSPS) is 10.6. The maximum Gasteiger partial charge on any atom is 0.335 e. The fraction of sp³-hybridized carbons (Fsp3) is 0. The molecule has 3 rings (SSSR count). The van der Waals surface area contributed by atoms with E-state index >= 15 is 0 Å². The Kier molecular flexibility index (Phi) is 6.44. The van der Waals surface area contributed by atoms with E-state index in [-0.39, 0.29) is 16.8 Å². The fourth-order valence-corrected chi connectivity index (χ4v) is 2.57. The number of aromatic carboxylic acids is 1. The van der Waals surface area contributed by atoms with Crippen molar-refractivity contribution in [1.82, 2.24) is 0 Å². The summed E-state index contributed by atoms with van der Waals surface area (Å²) in [7, 11) is 0. The van der Waals surface area contributed by atoms with E-state index in [1.807, 2.05) is 60.7 Å². The van der Waals surface area contributed by atoms with E-state index in [0.717, 1.165) is 11.4 Å². The Labute approximate surface area is 173 Å². The zero-order chi connectivity index (χ0) is 21.3. The molecule has 7 heteroatoms. The molecule has 0 bridgehead atoms. The van der Waals surface area contributed by atoms with Crippen molar-refractivity contribution in [3.63, 3.8) is 0 Å². The summed E-state index contributed by atoms with van der Waals surface area (Å²) in [5.41, 5.74) is 2.74. The number of nitrogens with one attached hydrogen (secondary N) is 3. The van der Waals surface area contributed by atoms with Crippen molar-refractivity contribution in [2.75, 3.05) is 16.0 Å².